The van der Waals surface area contributed by atoms with Crippen molar-refractivity contribution in [2.75, 3.05) is 7.11 Å². The monoisotopic (exact) mass is 217 g/mol. The van der Waals surface area contributed by atoms with Crippen LogP contribution < -0.4 is 4.74 Å². The first-order chi connectivity index (χ1) is 7.69. The Kier molecular flexibility index (Phi) is 4.10. The summed E-state index contributed by atoms with van der Waals surface area (Å²) in [4.78, 5) is 10.7. The van der Waals surface area contributed by atoms with E-state index in [4.69, 9.17) is 15.1 Å². The molecule has 0 aliphatic heterocycles. The Morgan fingerprint density at radius 2 is 2.38 bits per heavy atom. The topological polar surface area (TPSA) is 70.3 Å². The number of carbonyl (C=O) groups is 1. The number of rotatable bonds is 4. The SMILES string of the molecule is COc1cc(C(=O)O)ccc1C=CCC#N. The predicted molar refractivity (Wildman–Crippen MR) is 59.2 cm³/mol. The molecule has 1 N–H and O–H groups in total. The molecule has 4 nitrogen and oxygen atoms in total. The van der Waals surface area contributed by atoms with Crippen molar-refractivity contribution in [3.05, 3.63) is 35.4 Å². The van der Waals surface area contributed by atoms with Crippen LogP contribution in [0.15, 0.2) is 24.3 Å². The lowest BCUT2D eigenvalue weighted by Gasteiger charge is -2.05. The second-order valence-electron chi connectivity index (χ2n) is 3.03. The molecule has 0 heterocycles. The zero-order valence-electron chi connectivity index (χ0n) is 8.80. The van der Waals surface area contributed by atoms with E-state index in [-0.39, 0.29) is 5.56 Å². The van der Waals surface area contributed by atoms with Crippen LogP contribution in [0.4, 0.5) is 0 Å². The Hall–Kier alpha value is -2.28. The van der Waals surface area contributed by atoms with Crippen molar-refractivity contribution in [2.24, 2.45) is 0 Å². The molecule has 4 heteroatoms. The Balaban J connectivity index is 3.03. The fourth-order valence-electron chi connectivity index (χ4n) is 1.22. The number of ether oxygens (including phenoxy) is 1. The van der Waals surface area contributed by atoms with E-state index in [1.54, 1.807) is 18.2 Å². The van der Waals surface area contributed by atoms with Gasteiger partial charge < -0.3 is 9.84 Å². The van der Waals surface area contributed by atoms with Crippen LogP contribution >= 0.6 is 0 Å². The lowest BCUT2D eigenvalue weighted by Crippen LogP contribution is -1.97. The number of benzene rings is 1. The average molecular weight is 217 g/mol. The molecule has 0 aromatic heterocycles. The minimum absolute atomic E-state index is 0.175. The van der Waals surface area contributed by atoms with Crippen molar-refractivity contribution < 1.29 is 14.6 Å². The maximum atomic E-state index is 10.7. The molecular formula is C12H11NO3. The van der Waals surface area contributed by atoms with Crippen molar-refractivity contribution in [3.63, 3.8) is 0 Å². The molecule has 1 rings (SSSR count). The number of hydrogen-bond donors (Lipinski definition) is 1. The van der Waals surface area contributed by atoms with Crippen LogP contribution in [0.2, 0.25) is 0 Å². The Morgan fingerprint density at radius 1 is 1.62 bits per heavy atom. The van der Waals surface area contributed by atoms with Gasteiger partial charge in [-0.15, -0.1) is 0 Å². The summed E-state index contributed by atoms with van der Waals surface area (Å²) < 4.78 is 5.07. The van der Waals surface area contributed by atoms with Gasteiger partial charge in [-0.05, 0) is 12.1 Å². The summed E-state index contributed by atoms with van der Waals surface area (Å²) >= 11 is 0. The Morgan fingerprint density at radius 3 is 2.94 bits per heavy atom. The van der Waals surface area contributed by atoms with E-state index < -0.39 is 5.97 Å². The summed E-state index contributed by atoms with van der Waals surface area (Å²) in [5.74, 6) is -0.514. The molecule has 0 bridgehead atoms. The Labute approximate surface area is 93.4 Å². The maximum absolute atomic E-state index is 10.7. The van der Waals surface area contributed by atoms with Gasteiger partial charge in [0.15, 0.2) is 0 Å². The van der Waals surface area contributed by atoms with E-state index in [1.165, 1.54) is 19.2 Å². The second kappa shape index (κ2) is 5.56. The van der Waals surface area contributed by atoms with Gasteiger partial charge in [0.2, 0.25) is 0 Å². The second-order valence-corrected chi connectivity index (χ2v) is 3.03. The molecular weight excluding hydrogens is 206 g/mol. The van der Waals surface area contributed by atoms with Crippen molar-refractivity contribution >= 4 is 12.0 Å². The highest BCUT2D eigenvalue weighted by Gasteiger charge is 2.06. The van der Waals surface area contributed by atoms with Crippen molar-refractivity contribution in [3.8, 4) is 11.8 Å². The van der Waals surface area contributed by atoms with Crippen LogP contribution in [0.3, 0.4) is 0 Å². The lowest BCUT2D eigenvalue weighted by molar-refractivity contribution is 0.0696. The lowest BCUT2D eigenvalue weighted by atomic mass is 10.1. The van der Waals surface area contributed by atoms with Gasteiger partial charge in [0.1, 0.15) is 5.75 Å². The van der Waals surface area contributed by atoms with Gasteiger partial charge in [-0.3, -0.25) is 0 Å². The van der Waals surface area contributed by atoms with E-state index >= 15 is 0 Å². The highest BCUT2D eigenvalue weighted by Crippen LogP contribution is 2.21. The first-order valence-electron chi connectivity index (χ1n) is 4.64. The van der Waals surface area contributed by atoms with Crippen LogP contribution in [0.1, 0.15) is 22.3 Å². The molecule has 1 aromatic rings. The van der Waals surface area contributed by atoms with E-state index in [1.807, 2.05) is 6.07 Å². The smallest absolute Gasteiger partial charge is 0.335 e. The number of carboxylic acid groups (broad SMARTS) is 1. The Bertz CT molecular complexity index is 458. The number of nitrogens with zero attached hydrogens (tertiary/aromatic N) is 1. The molecule has 82 valence electrons. The van der Waals surface area contributed by atoms with Crippen LogP contribution in [0, 0.1) is 11.3 Å². The van der Waals surface area contributed by atoms with Crippen LogP contribution in [-0.2, 0) is 0 Å². The maximum Gasteiger partial charge on any atom is 0.335 e. The first kappa shape index (κ1) is 11.8. The fraction of sp³-hybridized carbons (Fsp3) is 0.167. The highest BCUT2D eigenvalue weighted by molar-refractivity contribution is 5.88. The van der Waals surface area contributed by atoms with Gasteiger partial charge in [-0.25, -0.2) is 4.79 Å². The molecule has 0 spiro atoms. The third-order valence-corrected chi connectivity index (χ3v) is 1.99. The first-order valence-corrected chi connectivity index (χ1v) is 4.64. The fourth-order valence-corrected chi connectivity index (χ4v) is 1.22. The minimum atomic E-state index is -0.995. The molecule has 0 aliphatic carbocycles. The van der Waals surface area contributed by atoms with Crippen molar-refractivity contribution in [1.29, 1.82) is 5.26 Å². The molecule has 16 heavy (non-hydrogen) atoms. The zero-order valence-corrected chi connectivity index (χ0v) is 8.80. The third-order valence-electron chi connectivity index (χ3n) is 1.99. The van der Waals surface area contributed by atoms with Gasteiger partial charge in [-0.2, -0.15) is 5.26 Å². The van der Waals surface area contributed by atoms with E-state index in [0.717, 1.165) is 5.56 Å². The number of hydrogen-bond acceptors (Lipinski definition) is 3. The molecule has 0 aliphatic rings. The summed E-state index contributed by atoms with van der Waals surface area (Å²) in [5, 5.41) is 17.2. The van der Waals surface area contributed by atoms with Crippen LogP contribution in [0.5, 0.6) is 5.75 Å². The van der Waals surface area contributed by atoms with E-state index in [2.05, 4.69) is 0 Å². The van der Waals surface area contributed by atoms with Crippen LogP contribution in [-0.4, -0.2) is 18.2 Å². The van der Waals surface area contributed by atoms with Gasteiger partial charge in [0.05, 0.1) is 25.2 Å². The number of aromatic carboxylic acids is 1. The standard InChI is InChI=1S/C12H11NO3/c1-16-11-8-10(12(14)15)6-5-9(11)4-2-3-7-13/h2,4-6,8H,3H2,1H3,(H,14,15). The van der Waals surface area contributed by atoms with Gasteiger partial charge in [0, 0.05) is 5.56 Å². The zero-order chi connectivity index (χ0) is 12.0. The number of allylic oxidation sites excluding steroid dienone is 1. The summed E-state index contributed by atoms with van der Waals surface area (Å²) in [6.45, 7) is 0. The highest BCUT2D eigenvalue weighted by atomic mass is 16.5. The minimum Gasteiger partial charge on any atom is -0.496 e. The van der Waals surface area contributed by atoms with Gasteiger partial charge in [0.25, 0.3) is 0 Å². The number of methoxy groups -OCH3 is 1. The summed E-state index contributed by atoms with van der Waals surface area (Å²) in [6.07, 6.45) is 3.73. The molecule has 0 amide bonds. The molecule has 0 fully saturated rings. The summed E-state index contributed by atoms with van der Waals surface area (Å²) in [7, 11) is 1.47. The van der Waals surface area contributed by atoms with E-state index in [9.17, 15) is 4.79 Å². The van der Waals surface area contributed by atoms with Crippen molar-refractivity contribution in [1.82, 2.24) is 0 Å². The summed E-state index contributed by atoms with van der Waals surface area (Å²) in [6, 6.07) is 6.58. The van der Waals surface area contributed by atoms with Gasteiger partial charge >= 0.3 is 5.97 Å². The molecule has 0 atom stereocenters. The quantitative estimate of drug-likeness (QED) is 0.840. The molecule has 0 saturated carbocycles. The normalized spacial score (nSPS) is 10.0. The van der Waals surface area contributed by atoms with Crippen LogP contribution in [0.25, 0.3) is 6.08 Å². The van der Waals surface area contributed by atoms with Crippen molar-refractivity contribution in [2.45, 2.75) is 6.42 Å². The molecule has 0 unspecified atom stereocenters. The molecule has 0 radical (unpaired) electrons. The number of nitriles is 1. The molecule has 0 saturated heterocycles. The predicted octanol–water partition coefficient (Wildman–Crippen LogP) is 2.32. The summed E-state index contributed by atoms with van der Waals surface area (Å²) in [5.41, 5.74) is 0.928. The number of carboxylic acids is 1. The molecule has 1 aromatic carbocycles. The van der Waals surface area contributed by atoms with Gasteiger partial charge in [-0.1, -0.05) is 18.2 Å². The van der Waals surface area contributed by atoms with E-state index in [0.29, 0.717) is 12.2 Å². The largest absolute Gasteiger partial charge is 0.496 e. The average Bonchev–Trinajstić information content (AvgIpc) is 2.29. The third kappa shape index (κ3) is 2.85.